The van der Waals surface area contributed by atoms with Crippen molar-refractivity contribution >= 4 is 17.5 Å². The van der Waals surface area contributed by atoms with E-state index in [0.717, 1.165) is 22.4 Å². The van der Waals surface area contributed by atoms with E-state index in [1.165, 1.54) is 5.56 Å². The first-order valence-electron chi connectivity index (χ1n) is 9.04. The summed E-state index contributed by atoms with van der Waals surface area (Å²) in [6.45, 7) is 7.14. The molecule has 0 radical (unpaired) electrons. The molecule has 0 N–H and O–H groups in total. The average Bonchev–Trinajstić information content (AvgIpc) is 3.00. The van der Waals surface area contributed by atoms with Crippen molar-refractivity contribution in [2.45, 2.75) is 33.7 Å². The van der Waals surface area contributed by atoms with Gasteiger partial charge in [0.25, 0.3) is 0 Å². The van der Waals surface area contributed by atoms with E-state index in [0.29, 0.717) is 13.1 Å². The summed E-state index contributed by atoms with van der Waals surface area (Å²) >= 11 is 0. The zero-order valence-corrected chi connectivity index (χ0v) is 16.0. The van der Waals surface area contributed by atoms with Gasteiger partial charge in [-0.05, 0) is 49.1 Å². The molecule has 1 heterocycles. The average molecular weight is 350 g/mol. The quantitative estimate of drug-likeness (QED) is 0.845. The molecule has 0 aromatic heterocycles. The standard InChI is InChI=1S/C22H26N2O2/c1-15-9-7-11-20(17(15)3)24-14-19(12-21(24)25)22(26)23(4)13-18-10-6-5-8-16(18)2/h5-11,19H,12-14H2,1-4H3. The summed E-state index contributed by atoms with van der Waals surface area (Å²) in [5.41, 5.74) is 5.49. The van der Waals surface area contributed by atoms with Crippen LogP contribution in [0.5, 0.6) is 0 Å². The highest BCUT2D eigenvalue weighted by atomic mass is 16.2. The van der Waals surface area contributed by atoms with E-state index in [1.807, 2.05) is 57.3 Å². The minimum atomic E-state index is -0.281. The third-order valence-corrected chi connectivity index (χ3v) is 5.39. The van der Waals surface area contributed by atoms with Gasteiger partial charge in [-0.3, -0.25) is 9.59 Å². The van der Waals surface area contributed by atoms with Crippen molar-refractivity contribution in [2.75, 3.05) is 18.5 Å². The van der Waals surface area contributed by atoms with E-state index in [1.54, 1.807) is 9.80 Å². The molecule has 1 fully saturated rings. The van der Waals surface area contributed by atoms with Gasteiger partial charge in [-0.2, -0.15) is 0 Å². The van der Waals surface area contributed by atoms with Crippen molar-refractivity contribution < 1.29 is 9.59 Å². The molecular weight excluding hydrogens is 324 g/mol. The second-order valence-electron chi connectivity index (χ2n) is 7.25. The molecule has 4 nitrogen and oxygen atoms in total. The fourth-order valence-corrected chi connectivity index (χ4v) is 3.57. The Hall–Kier alpha value is -2.62. The first kappa shape index (κ1) is 18.2. The summed E-state index contributed by atoms with van der Waals surface area (Å²) < 4.78 is 0. The summed E-state index contributed by atoms with van der Waals surface area (Å²) in [4.78, 5) is 28.9. The van der Waals surface area contributed by atoms with E-state index < -0.39 is 0 Å². The highest BCUT2D eigenvalue weighted by Crippen LogP contribution is 2.30. The van der Waals surface area contributed by atoms with Gasteiger partial charge >= 0.3 is 0 Å². The Labute approximate surface area is 155 Å². The maximum absolute atomic E-state index is 12.9. The van der Waals surface area contributed by atoms with Crippen LogP contribution in [0.25, 0.3) is 0 Å². The van der Waals surface area contributed by atoms with Crippen LogP contribution in [0, 0.1) is 26.7 Å². The molecule has 3 rings (SSSR count). The highest BCUT2D eigenvalue weighted by molar-refractivity contribution is 6.00. The molecule has 0 spiro atoms. The molecule has 26 heavy (non-hydrogen) atoms. The molecule has 4 heteroatoms. The minimum Gasteiger partial charge on any atom is -0.341 e. The molecule has 1 atom stereocenters. The number of aryl methyl sites for hydroxylation is 2. The van der Waals surface area contributed by atoms with Crippen LogP contribution < -0.4 is 4.90 Å². The molecule has 1 aliphatic heterocycles. The van der Waals surface area contributed by atoms with Gasteiger partial charge < -0.3 is 9.80 Å². The summed E-state index contributed by atoms with van der Waals surface area (Å²) in [6.07, 6.45) is 0.282. The molecule has 1 saturated heterocycles. The monoisotopic (exact) mass is 350 g/mol. The van der Waals surface area contributed by atoms with Crippen molar-refractivity contribution in [3.63, 3.8) is 0 Å². The summed E-state index contributed by atoms with van der Waals surface area (Å²) in [5.74, 6) is -0.216. The van der Waals surface area contributed by atoms with Crippen LogP contribution >= 0.6 is 0 Å². The van der Waals surface area contributed by atoms with E-state index >= 15 is 0 Å². The van der Waals surface area contributed by atoms with Gasteiger partial charge in [-0.1, -0.05) is 36.4 Å². The van der Waals surface area contributed by atoms with Crippen molar-refractivity contribution in [1.82, 2.24) is 4.90 Å². The molecule has 1 unspecified atom stereocenters. The number of benzene rings is 2. The SMILES string of the molecule is Cc1ccccc1CN(C)C(=O)C1CC(=O)N(c2cccc(C)c2C)C1. The van der Waals surface area contributed by atoms with Gasteiger partial charge in [0.1, 0.15) is 0 Å². The Kier molecular flexibility index (Phi) is 5.12. The minimum absolute atomic E-state index is 0.0290. The van der Waals surface area contributed by atoms with Crippen LogP contribution in [0.2, 0.25) is 0 Å². The van der Waals surface area contributed by atoms with Crippen LogP contribution in [0.4, 0.5) is 5.69 Å². The van der Waals surface area contributed by atoms with E-state index in [9.17, 15) is 9.59 Å². The number of hydrogen-bond donors (Lipinski definition) is 0. The van der Waals surface area contributed by atoms with Crippen LogP contribution in [0.3, 0.4) is 0 Å². The second-order valence-corrected chi connectivity index (χ2v) is 7.25. The molecule has 0 aliphatic carbocycles. The van der Waals surface area contributed by atoms with Crippen LogP contribution in [-0.4, -0.2) is 30.3 Å². The molecule has 1 aliphatic rings. The lowest BCUT2D eigenvalue weighted by molar-refractivity contribution is -0.135. The third-order valence-electron chi connectivity index (χ3n) is 5.39. The number of hydrogen-bond acceptors (Lipinski definition) is 2. The fourth-order valence-electron chi connectivity index (χ4n) is 3.57. The first-order valence-corrected chi connectivity index (χ1v) is 9.04. The topological polar surface area (TPSA) is 40.6 Å². The first-order chi connectivity index (χ1) is 12.4. The normalized spacial score (nSPS) is 16.8. The number of carbonyl (C=O) groups is 2. The van der Waals surface area contributed by atoms with Crippen LogP contribution in [0.1, 0.15) is 28.7 Å². The van der Waals surface area contributed by atoms with Gasteiger partial charge in [0.15, 0.2) is 0 Å². The predicted octanol–water partition coefficient (Wildman–Crippen LogP) is 3.62. The van der Waals surface area contributed by atoms with Gasteiger partial charge in [0.2, 0.25) is 11.8 Å². The Morgan fingerprint density at radius 2 is 1.77 bits per heavy atom. The largest absolute Gasteiger partial charge is 0.341 e. The summed E-state index contributed by atoms with van der Waals surface area (Å²) in [5, 5.41) is 0. The molecule has 2 aromatic rings. The molecule has 2 amide bonds. The Bertz CT molecular complexity index is 844. The second kappa shape index (κ2) is 7.32. The Balaban J connectivity index is 1.72. The zero-order chi connectivity index (χ0) is 18.8. The van der Waals surface area contributed by atoms with E-state index in [-0.39, 0.29) is 24.2 Å². The maximum atomic E-state index is 12.9. The summed E-state index contributed by atoms with van der Waals surface area (Å²) in [6, 6.07) is 14.0. The van der Waals surface area contributed by atoms with Crippen molar-refractivity contribution in [3.05, 3.63) is 64.7 Å². The van der Waals surface area contributed by atoms with E-state index in [2.05, 4.69) is 13.0 Å². The molecular formula is C22H26N2O2. The van der Waals surface area contributed by atoms with Gasteiger partial charge in [-0.25, -0.2) is 0 Å². The van der Waals surface area contributed by atoms with Gasteiger partial charge in [0.05, 0.1) is 5.92 Å². The predicted molar refractivity (Wildman–Crippen MR) is 104 cm³/mol. The number of amides is 2. The lowest BCUT2D eigenvalue weighted by atomic mass is 10.1. The van der Waals surface area contributed by atoms with Gasteiger partial charge in [-0.15, -0.1) is 0 Å². The molecule has 136 valence electrons. The maximum Gasteiger partial charge on any atom is 0.228 e. The molecule has 0 saturated carbocycles. The smallest absolute Gasteiger partial charge is 0.228 e. The Morgan fingerprint density at radius 1 is 1.08 bits per heavy atom. The van der Waals surface area contributed by atoms with E-state index in [4.69, 9.17) is 0 Å². The lowest BCUT2D eigenvalue weighted by Crippen LogP contribution is -2.34. The van der Waals surface area contributed by atoms with Gasteiger partial charge in [0, 0.05) is 32.2 Å². The Morgan fingerprint density at radius 3 is 2.50 bits per heavy atom. The number of carbonyl (C=O) groups excluding carboxylic acids is 2. The van der Waals surface area contributed by atoms with Crippen molar-refractivity contribution in [3.8, 4) is 0 Å². The third kappa shape index (κ3) is 3.50. The number of anilines is 1. The summed E-state index contributed by atoms with van der Waals surface area (Å²) in [7, 11) is 1.82. The van der Waals surface area contributed by atoms with Crippen molar-refractivity contribution in [2.24, 2.45) is 5.92 Å². The number of rotatable bonds is 4. The molecule has 0 bridgehead atoms. The highest BCUT2D eigenvalue weighted by Gasteiger charge is 2.37. The van der Waals surface area contributed by atoms with Crippen molar-refractivity contribution in [1.29, 1.82) is 0 Å². The lowest BCUT2D eigenvalue weighted by Gasteiger charge is -2.23. The van der Waals surface area contributed by atoms with Crippen LogP contribution in [0.15, 0.2) is 42.5 Å². The number of nitrogens with zero attached hydrogens (tertiary/aromatic N) is 2. The van der Waals surface area contributed by atoms with Crippen LogP contribution in [-0.2, 0) is 16.1 Å². The fraction of sp³-hybridized carbons (Fsp3) is 0.364. The molecule has 2 aromatic carbocycles. The zero-order valence-electron chi connectivity index (χ0n) is 16.0.